The molecule has 3 aromatic carbocycles. The Balaban J connectivity index is 2.03. The lowest BCUT2D eigenvalue weighted by atomic mass is 9.68. The molecule has 260 valence electrons. The van der Waals surface area contributed by atoms with Crippen LogP contribution < -0.4 is 9.80 Å². The summed E-state index contributed by atoms with van der Waals surface area (Å²) >= 11 is 0. The van der Waals surface area contributed by atoms with E-state index in [1.807, 2.05) is 0 Å². The molecule has 0 aliphatic heterocycles. The van der Waals surface area contributed by atoms with Crippen molar-refractivity contribution in [1.29, 1.82) is 0 Å². The molecular formula is C45H70N2. The topological polar surface area (TPSA) is 6.48 Å². The number of nitrogens with zero attached hydrogens (tertiary/aromatic N) is 2. The van der Waals surface area contributed by atoms with Gasteiger partial charge in [-0.25, -0.2) is 0 Å². The highest BCUT2D eigenvalue weighted by Crippen LogP contribution is 2.43. The summed E-state index contributed by atoms with van der Waals surface area (Å²) in [5.41, 5.74) is 8.46. The second-order valence-corrected chi connectivity index (χ2v) is 14.7. The van der Waals surface area contributed by atoms with Gasteiger partial charge in [-0.15, -0.1) is 0 Å². The van der Waals surface area contributed by atoms with Gasteiger partial charge in [-0.1, -0.05) is 155 Å². The van der Waals surface area contributed by atoms with Gasteiger partial charge in [0.2, 0.25) is 0 Å². The van der Waals surface area contributed by atoms with Crippen molar-refractivity contribution in [3.05, 3.63) is 95.1 Å². The molecule has 0 aliphatic carbocycles. The zero-order valence-electron chi connectivity index (χ0n) is 31.8. The molecule has 2 heteroatoms. The quantitative estimate of drug-likeness (QED) is 0.0954. The van der Waals surface area contributed by atoms with Crippen LogP contribution in [-0.2, 0) is 10.8 Å². The highest BCUT2D eigenvalue weighted by atomic mass is 15.1. The number of hydrogen-bond donors (Lipinski definition) is 0. The number of anilines is 2. The minimum absolute atomic E-state index is 0.0288. The molecule has 0 aromatic heterocycles. The molecule has 2 unspecified atom stereocenters. The van der Waals surface area contributed by atoms with Gasteiger partial charge >= 0.3 is 0 Å². The fraction of sp³-hybridized carbons (Fsp3) is 0.600. The summed E-state index contributed by atoms with van der Waals surface area (Å²) in [7, 11) is 2.23. The standard InChI is InChI=1S/C45H70N2/c1-9-14-19-32-44(6,38-24-28-42(29-25-38)46(8)34-16-11-3)40-22-21-23-41(37-40)45(7,33-20-15-10-2)39-26-30-43(31-27-39)47(35-17-12-4)36-18-13-5/h21-31,37H,9-20,32-36H2,1-8H3. The van der Waals surface area contributed by atoms with Crippen LogP contribution in [0.3, 0.4) is 0 Å². The van der Waals surface area contributed by atoms with Crippen LogP contribution in [0.1, 0.15) is 161 Å². The Morgan fingerprint density at radius 3 is 1.28 bits per heavy atom. The lowest BCUT2D eigenvalue weighted by Crippen LogP contribution is -2.28. The zero-order chi connectivity index (χ0) is 34.1. The molecule has 0 spiro atoms. The van der Waals surface area contributed by atoms with Crippen molar-refractivity contribution in [1.82, 2.24) is 0 Å². The van der Waals surface area contributed by atoms with E-state index in [0.717, 1.165) is 19.6 Å². The predicted molar refractivity (Wildman–Crippen MR) is 211 cm³/mol. The first kappa shape index (κ1) is 38.7. The molecule has 47 heavy (non-hydrogen) atoms. The molecule has 0 saturated heterocycles. The molecule has 0 N–H and O–H groups in total. The molecule has 0 aliphatic rings. The van der Waals surface area contributed by atoms with Gasteiger partial charge in [0.05, 0.1) is 0 Å². The van der Waals surface area contributed by atoms with Gasteiger partial charge < -0.3 is 9.80 Å². The number of hydrogen-bond acceptors (Lipinski definition) is 2. The Hall–Kier alpha value is -2.74. The summed E-state index contributed by atoms with van der Waals surface area (Å²) in [6, 6.07) is 29.0. The monoisotopic (exact) mass is 639 g/mol. The zero-order valence-corrected chi connectivity index (χ0v) is 31.8. The molecule has 0 radical (unpaired) electrons. The highest BCUT2D eigenvalue weighted by Gasteiger charge is 2.33. The van der Waals surface area contributed by atoms with E-state index in [4.69, 9.17) is 0 Å². The normalized spacial score (nSPS) is 14.0. The molecule has 0 amide bonds. The van der Waals surface area contributed by atoms with Crippen molar-refractivity contribution < 1.29 is 0 Å². The van der Waals surface area contributed by atoms with Crippen LogP contribution >= 0.6 is 0 Å². The average molecular weight is 639 g/mol. The van der Waals surface area contributed by atoms with E-state index in [1.54, 1.807) is 0 Å². The summed E-state index contributed by atoms with van der Waals surface area (Å²) in [5, 5.41) is 0. The van der Waals surface area contributed by atoms with Crippen molar-refractivity contribution in [2.45, 2.75) is 149 Å². The Morgan fingerprint density at radius 1 is 0.447 bits per heavy atom. The highest BCUT2D eigenvalue weighted by molar-refractivity contribution is 5.53. The fourth-order valence-corrected chi connectivity index (χ4v) is 7.29. The molecule has 3 aromatic rings. The smallest absolute Gasteiger partial charge is 0.0366 e. The van der Waals surface area contributed by atoms with Crippen LogP contribution in [0, 0.1) is 0 Å². The molecule has 0 saturated carbocycles. The van der Waals surface area contributed by atoms with Crippen molar-refractivity contribution in [3.8, 4) is 0 Å². The molecule has 0 bridgehead atoms. The first-order valence-corrected chi connectivity index (χ1v) is 19.5. The minimum atomic E-state index is -0.0302. The molecular weight excluding hydrogens is 569 g/mol. The van der Waals surface area contributed by atoms with E-state index in [2.05, 4.69) is 138 Å². The van der Waals surface area contributed by atoms with E-state index in [9.17, 15) is 0 Å². The Labute approximate surface area is 291 Å². The second-order valence-electron chi connectivity index (χ2n) is 14.7. The van der Waals surface area contributed by atoms with E-state index < -0.39 is 0 Å². The largest absolute Gasteiger partial charge is 0.375 e. The third-order valence-corrected chi connectivity index (χ3v) is 10.9. The first-order chi connectivity index (χ1) is 22.8. The number of benzene rings is 3. The van der Waals surface area contributed by atoms with Crippen LogP contribution in [0.5, 0.6) is 0 Å². The van der Waals surface area contributed by atoms with E-state index >= 15 is 0 Å². The van der Waals surface area contributed by atoms with Crippen LogP contribution in [0.15, 0.2) is 72.8 Å². The third-order valence-electron chi connectivity index (χ3n) is 10.9. The summed E-state index contributed by atoms with van der Waals surface area (Å²) in [5.74, 6) is 0. The Kier molecular flexibility index (Phi) is 16.4. The van der Waals surface area contributed by atoms with Crippen molar-refractivity contribution >= 4 is 11.4 Å². The SMILES string of the molecule is CCCCCC(C)(c1ccc(N(C)CCCC)cc1)c1cccc(C(C)(CCCCC)c2ccc(N(CCCC)CCCC)cc2)c1. The van der Waals surface area contributed by atoms with E-state index in [1.165, 1.54) is 124 Å². The molecule has 3 rings (SSSR count). The fourth-order valence-electron chi connectivity index (χ4n) is 7.29. The molecule has 0 heterocycles. The van der Waals surface area contributed by atoms with Crippen molar-refractivity contribution in [2.75, 3.05) is 36.5 Å². The average Bonchev–Trinajstić information content (AvgIpc) is 3.11. The van der Waals surface area contributed by atoms with Gasteiger partial charge in [0.1, 0.15) is 0 Å². The predicted octanol–water partition coefficient (Wildman–Crippen LogP) is 13.1. The lowest BCUT2D eigenvalue weighted by Gasteiger charge is -2.36. The van der Waals surface area contributed by atoms with Crippen LogP contribution in [0.2, 0.25) is 0 Å². The van der Waals surface area contributed by atoms with Crippen LogP contribution in [-0.4, -0.2) is 26.7 Å². The van der Waals surface area contributed by atoms with Gasteiger partial charge in [-0.3, -0.25) is 0 Å². The number of unbranched alkanes of at least 4 members (excludes halogenated alkanes) is 7. The molecule has 0 fully saturated rings. The maximum absolute atomic E-state index is 2.61. The van der Waals surface area contributed by atoms with Crippen molar-refractivity contribution in [3.63, 3.8) is 0 Å². The third kappa shape index (κ3) is 10.6. The van der Waals surface area contributed by atoms with Gasteiger partial charge in [0.15, 0.2) is 0 Å². The maximum atomic E-state index is 2.61. The summed E-state index contributed by atoms with van der Waals surface area (Å²) in [6.45, 7) is 19.9. The molecule has 2 atom stereocenters. The van der Waals surface area contributed by atoms with Crippen LogP contribution in [0.4, 0.5) is 11.4 Å². The van der Waals surface area contributed by atoms with E-state index in [0.29, 0.717) is 0 Å². The lowest BCUT2D eigenvalue weighted by molar-refractivity contribution is 0.470. The Bertz CT molecular complexity index is 1250. The maximum Gasteiger partial charge on any atom is 0.0366 e. The summed E-state index contributed by atoms with van der Waals surface area (Å²) < 4.78 is 0. The van der Waals surface area contributed by atoms with Gasteiger partial charge in [0.25, 0.3) is 0 Å². The summed E-state index contributed by atoms with van der Waals surface area (Å²) in [6.07, 6.45) is 17.3. The van der Waals surface area contributed by atoms with Crippen molar-refractivity contribution in [2.24, 2.45) is 0 Å². The van der Waals surface area contributed by atoms with Gasteiger partial charge in [-0.2, -0.15) is 0 Å². The summed E-state index contributed by atoms with van der Waals surface area (Å²) in [4.78, 5) is 5.02. The van der Waals surface area contributed by atoms with Gasteiger partial charge in [-0.05, 0) is 78.6 Å². The second kappa shape index (κ2) is 19.9. The van der Waals surface area contributed by atoms with Gasteiger partial charge in [0, 0.05) is 48.9 Å². The minimum Gasteiger partial charge on any atom is -0.375 e. The number of rotatable bonds is 23. The van der Waals surface area contributed by atoms with E-state index in [-0.39, 0.29) is 10.8 Å². The van der Waals surface area contributed by atoms with Crippen LogP contribution in [0.25, 0.3) is 0 Å². The Morgan fingerprint density at radius 2 is 0.851 bits per heavy atom. The first-order valence-electron chi connectivity index (χ1n) is 19.5. The molecule has 2 nitrogen and oxygen atoms in total.